The molecule has 3 aliphatic rings. The zero-order valence-electron chi connectivity index (χ0n) is 39.3. The minimum atomic E-state index is -0.680. The van der Waals surface area contributed by atoms with Gasteiger partial charge in [0.2, 0.25) is 17.7 Å². The molecule has 0 saturated carbocycles. The summed E-state index contributed by atoms with van der Waals surface area (Å²) in [6.07, 6.45) is 8.29. The second-order valence-corrected chi connectivity index (χ2v) is 22.4. The molecule has 4 rings (SSSR count). The van der Waals surface area contributed by atoms with Crippen LogP contribution in [0.15, 0.2) is 14.4 Å². The van der Waals surface area contributed by atoms with Crippen LogP contribution in [0.2, 0.25) is 0 Å². The Kier molecular flexibility index (Phi) is 16.0. The fourth-order valence-electron chi connectivity index (χ4n) is 11.1. The maximum Gasteiger partial charge on any atom is 0.336 e. The number of nitrogens with zero attached hydrogens (tertiary/aromatic N) is 3. The molecule has 60 heavy (non-hydrogen) atoms. The minimum Gasteiger partial charge on any atom is -0.353 e. The predicted octanol–water partition coefficient (Wildman–Crippen LogP) is 3.96. The van der Waals surface area contributed by atoms with Crippen LogP contribution in [-0.2, 0) is 34.0 Å². The Morgan fingerprint density at radius 2 is 0.617 bits per heavy atom. The topological polar surface area (TPSA) is 189 Å². The van der Waals surface area contributed by atoms with Gasteiger partial charge in [0.1, 0.15) is 0 Å². The zero-order valence-corrected chi connectivity index (χ0v) is 39.3. The lowest BCUT2D eigenvalue weighted by molar-refractivity contribution is -0.123. The Labute approximate surface area is 358 Å². The average Bonchev–Trinajstić information content (AvgIpc) is 3.02. The maximum atomic E-state index is 13.8. The Balaban J connectivity index is 1.38. The maximum absolute atomic E-state index is 13.8. The van der Waals surface area contributed by atoms with Gasteiger partial charge in [-0.2, -0.15) is 0 Å². The Bertz CT molecular complexity index is 1570. The summed E-state index contributed by atoms with van der Waals surface area (Å²) >= 11 is 0. The average molecular weight is 844 g/mol. The number of carbonyl (C=O) groups is 3. The van der Waals surface area contributed by atoms with Crippen molar-refractivity contribution < 1.29 is 14.4 Å². The lowest BCUT2D eigenvalue weighted by atomic mass is 9.79. The molecule has 3 fully saturated rings. The van der Waals surface area contributed by atoms with E-state index in [-0.39, 0.29) is 108 Å². The molecule has 1 aromatic rings. The van der Waals surface area contributed by atoms with E-state index in [1.807, 2.05) is 0 Å². The van der Waals surface area contributed by atoms with Crippen LogP contribution in [0.4, 0.5) is 0 Å². The normalized spacial score (nSPS) is 22.2. The van der Waals surface area contributed by atoms with E-state index in [4.69, 9.17) is 0 Å². The van der Waals surface area contributed by atoms with Crippen molar-refractivity contribution in [2.45, 2.75) is 250 Å². The fourth-order valence-corrected chi connectivity index (χ4v) is 11.1. The van der Waals surface area contributed by atoms with Gasteiger partial charge in [-0.3, -0.25) is 14.4 Å². The van der Waals surface area contributed by atoms with Crippen LogP contribution in [0.3, 0.4) is 0 Å². The van der Waals surface area contributed by atoms with Gasteiger partial charge in [-0.1, -0.05) is 0 Å². The highest BCUT2D eigenvalue weighted by molar-refractivity contribution is 5.77. The monoisotopic (exact) mass is 844 g/mol. The van der Waals surface area contributed by atoms with Gasteiger partial charge in [0.15, 0.2) is 0 Å². The third kappa shape index (κ3) is 15.3. The first kappa shape index (κ1) is 49.4. The molecule has 0 radical (unpaired) electrons. The van der Waals surface area contributed by atoms with E-state index < -0.39 is 17.1 Å². The summed E-state index contributed by atoms with van der Waals surface area (Å²) in [6.45, 7) is 25.9. The molecular formula is C45H81N9O6. The standard InChI is InChI=1S/C45H81N9O6/c1-40(2)25-31(26-41(3,4)49-40)46-34(55)19-13-16-22-52-37(58)53(23-17-14-20-35(56)47-32-27-42(5,6)50-43(7,8)28-32)39(60)54(38(52)59)24-18-15-21-36(57)48-33-29-44(9,10)51-45(11,12)30-33/h31-33,49-51H,13-30H2,1-12H3,(H,46,55)(H,47,56)(H,48,57). The number of nitrogens with one attached hydrogen (secondary N) is 6. The van der Waals surface area contributed by atoms with Crippen LogP contribution in [0.5, 0.6) is 0 Å². The van der Waals surface area contributed by atoms with E-state index in [0.29, 0.717) is 38.5 Å². The molecule has 3 aliphatic heterocycles. The van der Waals surface area contributed by atoms with Gasteiger partial charge >= 0.3 is 17.1 Å². The smallest absolute Gasteiger partial charge is 0.336 e. The molecule has 3 saturated heterocycles. The lowest BCUT2D eigenvalue weighted by Crippen LogP contribution is -2.62. The highest BCUT2D eigenvalue weighted by atomic mass is 16.2. The summed E-state index contributed by atoms with van der Waals surface area (Å²) in [5, 5.41) is 20.5. The molecule has 15 nitrogen and oxygen atoms in total. The molecule has 0 atom stereocenters. The van der Waals surface area contributed by atoms with Crippen molar-refractivity contribution in [2.75, 3.05) is 0 Å². The van der Waals surface area contributed by atoms with Crippen molar-refractivity contribution in [3.8, 4) is 0 Å². The molecular weight excluding hydrogens is 763 g/mol. The van der Waals surface area contributed by atoms with Gasteiger partial charge in [-0.25, -0.2) is 28.1 Å². The van der Waals surface area contributed by atoms with Gasteiger partial charge in [-0.15, -0.1) is 0 Å². The number of rotatable bonds is 18. The molecule has 0 spiro atoms. The quantitative estimate of drug-likeness (QED) is 0.119. The lowest BCUT2D eigenvalue weighted by Gasteiger charge is -2.46. The molecule has 1 aromatic heterocycles. The van der Waals surface area contributed by atoms with Crippen LogP contribution < -0.4 is 49.0 Å². The molecule has 0 unspecified atom stereocenters. The number of piperidine rings is 3. The number of unbranched alkanes of at least 4 members (excludes halogenated alkanes) is 3. The predicted molar refractivity (Wildman–Crippen MR) is 238 cm³/mol. The number of carbonyl (C=O) groups excluding carboxylic acids is 3. The van der Waals surface area contributed by atoms with Gasteiger partial charge in [0.05, 0.1) is 0 Å². The molecule has 15 heteroatoms. The van der Waals surface area contributed by atoms with Crippen molar-refractivity contribution in [1.29, 1.82) is 0 Å². The first-order chi connectivity index (χ1) is 27.6. The molecule has 0 bridgehead atoms. The summed E-state index contributed by atoms with van der Waals surface area (Å²) in [5.74, 6) is -0.177. The van der Waals surface area contributed by atoms with Gasteiger partial charge in [0.25, 0.3) is 0 Å². The van der Waals surface area contributed by atoms with E-state index >= 15 is 0 Å². The highest BCUT2D eigenvalue weighted by Crippen LogP contribution is 2.30. The molecule has 6 N–H and O–H groups in total. The SMILES string of the molecule is CC1(C)CC(NC(=O)CCCCn2c(=O)n(CCCCC(=O)NC3CC(C)(C)NC(C)(C)C3)c(=O)n(CCCCC(=O)NC3CC(C)(C)NC(C)(C)C3)c2=O)CC(C)(C)N1. The summed E-state index contributed by atoms with van der Waals surface area (Å²) < 4.78 is 3.33. The Morgan fingerprint density at radius 3 is 0.817 bits per heavy atom. The van der Waals surface area contributed by atoms with E-state index in [2.05, 4.69) is 115 Å². The van der Waals surface area contributed by atoms with E-state index in [1.165, 1.54) is 0 Å². The summed E-state index contributed by atoms with van der Waals surface area (Å²) in [7, 11) is 0. The van der Waals surface area contributed by atoms with Crippen molar-refractivity contribution in [3.05, 3.63) is 31.5 Å². The second-order valence-electron chi connectivity index (χ2n) is 22.4. The third-order valence-electron chi connectivity index (χ3n) is 12.2. The van der Waals surface area contributed by atoms with Crippen molar-refractivity contribution in [2.24, 2.45) is 0 Å². The van der Waals surface area contributed by atoms with Crippen molar-refractivity contribution in [1.82, 2.24) is 45.6 Å². The largest absolute Gasteiger partial charge is 0.353 e. The van der Waals surface area contributed by atoms with Crippen LogP contribution in [0.25, 0.3) is 0 Å². The van der Waals surface area contributed by atoms with Crippen LogP contribution in [0.1, 0.15) is 179 Å². The van der Waals surface area contributed by atoms with Gasteiger partial charge < -0.3 is 31.9 Å². The summed E-state index contributed by atoms with van der Waals surface area (Å²) in [6, 6.07) is 0.144. The molecule has 0 aromatic carbocycles. The van der Waals surface area contributed by atoms with E-state index in [1.54, 1.807) is 0 Å². The molecule has 4 heterocycles. The summed E-state index contributed by atoms with van der Waals surface area (Å²) in [4.78, 5) is 80.3. The third-order valence-corrected chi connectivity index (χ3v) is 12.2. The first-order valence-corrected chi connectivity index (χ1v) is 22.8. The molecule has 3 amide bonds. The van der Waals surface area contributed by atoms with E-state index in [9.17, 15) is 28.8 Å². The molecule has 342 valence electrons. The Morgan fingerprint density at radius 1 is 0.417 bits per heavy atom. The first-order valence-electron chi connectivity index (χ1n) is 22.8. The second kappa shape index (κ2) is 19.4. The fraction of sp³-hybridized carbons (Fsp3) is 0.867. The minimum absolute atomic E-state index is 0.0481. The number of hydrogen-bond donors (Lipinski definition) is 6. The van der Waals surface area contributed by atoms with Gasteiger partial charge in [0, 0.05) is 90.3 Å². The number of amides is 3. The Hall–Kier alpha value is -3.30. The zero-order chi connectivity index (χ0) is 44.9. The summed E-state index contributed by atoms with van der Waals surface area (Å²) in [5.41, 5.74) is -2.67. The van der Waals surface area contributed by atoms with E-state index in [0.717, 1.165) is 52.2 Å². The highest BCUT2D eigenvalue weighted by Gasteiger charge is 2.40. The van der Waals surface area contributed by atoms with Gasteiger partial charge in [-0.05, 0) is 160 Å². The number of aromatic nitrogens is 3. The van der Waals surface area contributed by atoms with Crippen LogP contribution in [0, 0.1) is 0 Å². The molecule has 0 aliphatic carbocycles. The van der Waals surface area contributed by atoms with Crippen LogP contribution in [-0.4, -0.2) is 82.8 Å². The van der Waals surface area contributed by atoms with Crippen molar-refractivity contribution >= 4 is 17.7 Å². The van der Waals surface area contributed by atoms with Crippen LogP contribution >= 0.6 is 0 Å². The van der Waals surface area contributed by atoms with Crippen molar-refractivity contribution in [3.63, 3.8) is 0 Å². The number of hydrogen-bond acceptors (Lipinski definition) is 9.